The monoisotopic (exact) mass is 210 g/mol. The average Bonchev–Trinajstić information content (AvgIpc) is 2.16. The van der Waals surface area contributed by atoms with Gasteiger partial charge in [0, 0.05) is 6.92 Å². The molecule has 0 aliphatic heterocycles. The van der Waals surface area contributed by atoms with Crippen LogP contribution in [0.15, 0.2) is 24.3 Å². The summed E-state index contributed by atoms with van der Waals surface area (Å²) in [5.41, 5.74) is 0. The van der Waals surface area contributed by atoms with E-state index in [-0.39, 0.29) is 0 Å². The number of ether oxygens (including phenoxy) is 2. The van der Waals surface area contributed by atoms with Gasteiger partial charge in [0.2, 0.25) is 0 Å². The van der Waals surface area contributed by atoms with Crippen molar-refractivity contribution in [3.63, 3.8) is 0 Å². The average molecular weight is 210 g/mol. The van der Waals surface area contributed by atoms with E-state index in [1.54, 1.807) is 0 Å². The molecular weight excluding hydrogens is 200 g/mol. The predicted molar refractivity (Wildman–Crippen MR) is 50.9 cm³/mol. The quantitative estimate of drug-likeness (QED) is 0.594. The van der Waals surface area contributed by atoms with Crippen molar-refractivity contribution in [2.75, 3.05) is 6.61 Å². The predicted octanol–water partition coefficient (Wildman–Crippen LogP) is 1.08. The molecule has 0 unspecified atom stereocenters. The van der Waals surface area contributed by atoms with Gasteiger partial charge >= 0.3 is 11.9 Å². The van der Waals surface area contributed by atoms with Gasteiger partial charge in [0.25, 0.3) is 0 Å². The van der Waals surface area contributed by atoms with Crippen LogP contribution in [0.3, 0.4) is 0 Å². The first-order valence-corrected chi connectivity index (χ1v) is 4.21. The smallest absolute Gasteiger partial charge is 0.341 e. The molecule has 0 fully saturated rings. The van der Waals surface area contributed by atoms with Crippen LogP contribution in [0, 0.1) is 0 Å². The SMILES string of the molecule is CC(=O)Oc1ccc(OCC(=O)O)cc1. The first-order chi connectivity index (χ1) is 7.08. The summed E-state index contributed by atoms with van der Waals surface area (Å²) in [6.07, 6.45) is 0. The van der Waals surface area contributed by atoms with Crippen LogP contribution in [0.1, 0.15) is 6.92 Å². The summed E-state index contributed by atoms with van der Waals surface area (Å²) in [4.78, 5) is 20.8. The van der Waals surface area contributed by atoms with Gasteiger partial charge in [-0.05, 0) is 24.3 Å². The second-order valence-electron chi connectivity index (χ2n) is 2.75. The van der Waals surface area contributed by atoms with Crippen LogP contribution in [-0.4, -0.2) is 23.7 Å². The third-order valence-electron chi connectivity index (χ3n) is 1.45. The standard InChI is InChI=1S/C10H10O5/c1-7(11)15-9-4-2-8(3-5-9)14-6-10(12)13/h2-5H,6H2,1H3,(H,12,13). The third-order valence-corrected chi connectivity index (χ3v) is 1.45. The lowest BCUT2D eigenvalue weighted by atomic mass is 10.3. The number of rotatable bonds is 4. The van der Waals surface area contributed by atoms with E-state index in [1.165, 1.54) is 31.2 Å². The lowest BCUT2D eigenvalue weighted by Gasteiger charge is -2.04. The zero-order valence-corrected chi connectivity index (χ0v) is 8.10. The van der Waals surface area contributed by atoms with Crippen LogP contribution >= 0.6 is 0 Å². The summed E-state index contributed by atoms with van der Waals surface area (Å²) >= 11 is 0. The second-order valence-corrected chi connectivity index (χ2v) is 2.75. The Kier molecular flexibility index (Phi) is 3.68. The van der Waals surface area contributed by atoms with E-state index in [0.717, 1.165) is 0 Å². The largest absolute Gasteiger partial charge is 0.482 e. The molecule has 15 heavy (non-hydrogen) atoms. The zero-order chi connectivity index (χ0) is 11.3. The van der Waals surface area contributed by atoms with Gasteiger partial charge in [-0.3, -0.25) is 4.79 Å². The molecule has 1 N–H and O–H groups in total. The first-order valence-electron chi connectivity index (χ1n) is 4.21. The molecule has 0 saturated heterocycles. The minimum Gasteiger partial charge on any atom is -0.482 e. The minimum atomic E-state index is -1.04. The highest BCUT2D eigenvalue weighted by atomic mass is 16.5. The summed E-state index contributed by atoms with van der Waals surface area (Å²) < 4.78 is 9.67. The fourth-order valence-corrected chi connectivity index (χ4v) is 0.915. The Morgan fingerprint density at radius 3 is 2.20 bits per heavy atom. The van der Waals surface area contributed by atoms with Crippen molar-refractivity contribution in [2.24, 2.45) is 0 Å². The van der Waals surface area contributed by atoms with Gasteiger partial charge in [-0.25, -0.2) is 4.79 Å². The number of hydrogen-bond acceptors (Lipinski definition) is 4. The molecule has 1 aromatic carbocycles. The van der Waals surface area contributed by atoms with Crippen LogP contribution < -0.4 is 9.47 Å². The maximum Gasteiger partial charge on any atom is 0.341 e. The van der Waals surface area contributed by atoms with Crippen LogP contribution in [-0.2, 0) is 9.59 Å². The van der Waals surface area contributed by atoms with Gasteiger partial charge in [0.15, 0.2) is 6.61 Å². The number of carboxylic acid groups (broad SMARTS) is 1. The number of aliphatic carboxylic acids is 1. The van der Waals surface area contributed by atoms with Crippen molar-refractivity contribution in [1.82, 2.24) is 0 Å². The first kappa shape index (κ1) is 11.0. The molecule has 1 rings (SSSR count). The maximum atomic E-state index is 10.6. The molecule has 0 bridgehead atoms. The molecule has 0 aromatic heterocycles. The summed E-state index contributed by atoms with van der Waals surface area (Å²) in [6, 6.07) is 6.11. The highest BCUT2D eigenvalue weighted by Crippen LogP contribution is 2.17. The van der Waals surface area contributed by atoms with Crippen LogP contribution in [0.25, 0.3) is 0 Å². The van der Waals surface area contributed by atoms with E-state index in [4.69, 9.17) is 14.6 Å². The Bertz CT molecular complexity index is 355. The van der Waals surface area contributed by atoms with Gasteiger partial charge in [-0.15, -0.1) is 0 Å². The third kappa shape index (κ3) is 4.12. The van der Waals surface area contributed by atoms with E-state index >= 15 is 0 Å². The highest BCUT2D eigenvalue weighted by Gasteiger charge is 2.01. The van der Waals surface area contributed by atoms with Crippen molar-refractivity contribution >= 4 is 11.9 Å². The molecule has 0 saturated carbocycles. The minimum absolute atomic E-state index is 0.394. The highest BCUT2D eigenvalue weighted by molar-refractivity contribution is 5.69. The molecule has 0 spiro atoms. The molecule has 0 aliphatic carbocycles. The Hall–Kier alpha value is -2.04. The number of carboxylic acids is 1. The van der Waals surface area contributed by atoms with Crippen molar-refractivity contribution in [3.8, 4) is 11.5 Å². The van der Waals surface area contributed by atoms with Crippen molar-refractivity contribution in [2.45, 2.75) is 6.92 Å². The van der Waals surface area contributed by atoms with Gasteiger partial charge < -0.3 is 14.6 Å². The maximum absolute atomic E-state index is 10.6. The van der Waals surface area contributed by atoms with Crippen molar-refractivity contribution in [3.05, 3.63) is 24.3 Å². The van der Waals surface area contributed by atoms with E-state index in [0.29, 0.717) is 11.5 Å². The molecule has 0 amide bonds. The Labute approximate surface area is 86.2 Å². The van der Waals surface area contributed by atoms with Gasteiger partial charge in [0.05, 0.1) is 0 Å². The molecule has 0 aliphatic rings. The number of carbonyl (C=O) groups is 2. The molecule has 0 radical (unpaired) electrons. The van der Waals surface area contributed by atoms with Crippen LogP contribution in [0.5, 0.6) is 11.5 Å². The van der Waals surface area contributed by atoms with Crippen LogP contribution in [0.4, 0.5) is 0 Å². The summed E-state index contributed by atoms with van der Waals surface area (Å²) in [5.74, 6) is -0.647. The van der Waals surface area contributed by atoms with Crippen molar-refractivity contribution in [1.29, 1.82) is 0 Å². The summed E-state index contributed by atoms with van der Waals surface area (Å²) in [5, 5.41) is 8.35. The van der Waals surface area contributed by atoms with E-state index < -0.39 is 18.5 Å². The summed E-state index contributed by atoms with van der Waals surface area (Å²) in [7, 11) is 0. The van der Waals surface area contributed by atoms with E-state index in [2.05, 4.69) is 0 Å². The molecule has 5 nitrogen and oxygen atoms in total. The molecule has 0 heterocycles. The Balaban J connectivity index is 2.56. The summed E-state index contributed by atoms with van der Waals surface area (Å²) in [6.45, 7) is 0.905. The molecule has 80 valence electrons. The molecule has 5 heteroatoms. The number of carbonyl (C=O) groups excluding carboxylic acids is 1. The van der Waals surface area contributed by atoms with Gasteiger partial charge in [-0.2, -0.15) is 0 Å². The molecule has 0 atom stereocenters. The van der Waals surface area contributed by atoms with E-state index in [1.807, 2.05) is 0 Å². The van der Waals surface area contributed by atoms with Gasteiger partial charge in [0.1, 0.15) is 11.5 Å². The fraction of sp³-hybridized carbons (Fsp3) is 0.200. The Morgan fingerprint density at radius 1 is 1.20 bits per heavy atom. The molecule has 1 aromatic rings. The number of benzene rings is 1. The van der Waals surface area contributed by atoms with Crippen molar-refractivity contribution < 1.29 is 24.2 Å². The lowest BCUT2D eigenvalue weighted by Crippen LogP contribution is -2.09. The lowest BCUT2D eigenvalue weighted by molar-refractivity contribution is -0.139. The van der Waals surface area contributed by atoms with Gasteiger partial charge in [-0.1, -0.05) is 0 Å². The fourth-order valence-electron chi connectivity index (χ4n) is 0.915. The number of hydrogen-bond donors (Lipinski definition) is 1. The second kappa shape index (κ2) is 4.99. The van der Waals surface area contributed by atoms with Crippen LogP contribution in [0.2, 0.25) is 0 Å². The zero-order valence-electron chi connectivity index (χ0n) is 8.10. The topological polar surface area (TPSA) is 72.8 Å². The normalized spacial score (nSPS) is 9.40. The molecular formula is C10H10O5. The van der Waals surface area contributed by atoms with E-state index in [9.17, 15) is 9.59 Å². The number of esters is 1. The Morgan fingerprint density at radius 2 is 1.73 bits per heavy atom.